The molecule has 0 aromatic carbocycles. The summed E-state index contributed by atoms with van der Waals surface area (Å²) in [6.45, 7) is 11.7. The number of ether oxygens (including phenoxy) is 2. The number of ketones is 1. The highest BCUT2D eigenvalue weighted by Crippen LogP contribution is 2.21. The van der Waals surface area contributed by atoms with Crippen LogP contribution in [0.2, 0.25) is 0 Å². The number of nitrogens with zero attached hydrogens (tertiary/aromatic N) is 2. The molecule has 1 rings (SSSR count). The van der Waals surface area contributed by atoms with Crippen molar-refractivity contribution in [3.63, 3.8) is 0 Å². The Balaban J connectivity index is 2.73. The van der Waals surface area contributed by atoms with Crippen LogP contribution in [0.5, 0.6) is 0 Å². The van der Waals surface area contributed by atoms with E-state index >= 15 is 0 Å². The Morgan fingerprint density at radius 3 is 2.08 bits per heavy atom. The third-order valence-electron chi connectivity index (χ3n) is 3.21. The lowest BCUT2D eigenvalue weighted by atomic mass is 9.87. The standard InChI is InChI=1S/C18H27N3O5/c1-11-19-8-12(9-20-11)13(22)10-25-15(23)14(17(2,3)4)21-16(24)26-18(5,6)7/h8-9,14H,10H2,1-7H3,(H,21,24)/t14-/m1/s1. The van der Waals surface area contributed by atoms with Gasteiger partial charge in [-0.3, -0.25) is 4.79 Å². The number of alkyl carbamates (subject to hydrolysis) is 1. The molecule has 1 N–H and O–H groups in total. The molecule has 0 unspecified atom stereocenters. The van der Waals surface area contributed by atoms with Crippen molar-refractivity contribution in [2.24, 2.45) is 5.41 Å². The zero-order valence-corrected chi connectivity index (χ0v) is 16.4. The molecule has 8 nitrogen and oxygen atoms in total. The third-order valence-corrected chi connectivity index (χ3v) is 3.21. The lowest BCUT2D eigenvalue weighted by Gasteiger charge is -2.30. The van der Waals surface area contributed by atoms with Crippen molar-refractivity contribution in [2.75, 3.05) is 6.61 Å². The Morgan fingerprint density at radius 1 is 1.08 bits per heavy atom. The molecule has 0 spiro atoms. The summed E-state index contributed by atoms with van der Waals surface area (Å²) >= 11 is 0. The number of aryl methyl sites for hydroxylation is 1. The number of rotatable bonds is 5. The molecule has 1 atom stereocenters. The summed E-state index contributed by atoms with van der Waals surface area (Å²) in [7, 11) is 0. The molecule has 8 heteroatoms. The first-order valence-electron chi connectivity index (χ1n) is 8.27. The first-order valence-corrected chi connectivity index (χ1v) is 8.27. The summed E-state index contributed by atoms with van der Waals surface area (Å²) in [6.07, 6.45) is 2.02. The highest BCUT2D eigenvalue weighted by Gasteiger charge is 2.35. The van der Waals surface area contributed by atoms with Crippen LogP contribution >= 0.6 is 0 Å². The van der Waals surface area contributed by atoms with Gasteiger partial charge in [-0.15, -0.1) is 0 Å². The molecule has 0 aliphatic heterocycles. The molecular weight excluding hydrogens is 338 g/mol. The van der Waals surface area contributed by atoms with Crippen molar-refractivity contribution in [1.82, 2.24) is 15.3 Å². The molecule has 1 aromatic rings. The Labute approximate surface area is 153 Å². The van der Waals surface area contributed by atoms with E-state index in [-0.39, 0.29) is 5.56 Å². The molecule has 0 saturated heterocycles. The summed E-state index contributed by atoms with van der Waals surface area (Å²) in [4.78, 5) is 44.3. The van der Waals surface area contributed by atoms with Gasteiger partial charge in [-0.1, -0.05) is 20.8 Å². The largest absolute Gasteiger partial charge is 0.456 e. The van der Waals surface area contributed by atoms with Crippen LogP contribution in [0.4, 0.5) is 4.79 Å². The van der Waals surface area contributed by atoms with Crippen LogP contribution in [0, 0.1) is 12.3 Å². The Morgan fingerprint density at radius 2 is 1.62 bits per heavy atom. The maximum Gasteiger partial charge on any atom is 0.408 e. The van der Waals surface area contributed by atoms with Crippen LogP contribution in [0.15, 0.2) is 12.4 Å². The van der Waals surface area contributed by atoms with Gasteiger partial charge in [-0.2, -0.15) is 0 Å². The second-order valence-corrected chi connectivity index (χ2v) is 8.00. The van der Waals surface area contributed by atoms with Crippen molar-refractivity contribution in [1.29, 1.82) is 0 Å². The number of carbonyl (C=O) groups excluding carboxylic acids is 3. The minimum atomic E-state index is -0.973. The van der Waals surface area contributed by atoms with Crippen LogP contribution in [0.3, 0.4) is 0 Å². The second kappa shape index (κ2) is 8.25. The lowest BCUT2D eigenvalue weighted by molar-refractivity contribution is -0.147. The number of carbonyl (C=O) groups is 3. The van der Waals surface area contributed by atoms with E-state index in [1.54, 1.807) is 48.5 Å². The first kappa shape index (κ1) is 21.5. The highest BCUT2D eigenvalue weighted by molar-refractivity contribution is 5.97. The molecule has 1 amide bonds. The summed E-state index contributed by atoms with van der Waals surface area (Å²) in [6, 6.07) is -0.973. The van der Waals surface area contributed by atoms with Crippen molar-refractivity contribution in [3.8, 4) is 0 Å². The van der Waals surface area contributed by atoms with Crippen molar-refractivity contribution < 1.29 is 23.9 Å². The quantitative estimate of drug-likeness (QED) is 0.631. The number of aromatic nitrogens is 2. The van der Waals surface area contributed by atoms with Gasteiger partial charge in [-0.25, -0.2) is 19.6 Å². The van der Waals surface area contributed by atoms with Gasteiger partial charge in [0.05, 0.1) is 5.56 Å². The maximum atomic E-state index is 12.4. The molecule has 0 saturated carbocycles. The van der Waals surface area contributed by atoms with Gasteiger partial charge in [0, 0.05) is 12.4 Å². The fourth-order valence-corrected chi connectivity index (χ4v) is 1.89. The van der Waals surface area contributed by atoms with Crippen molar-refractivity contribution in [2.45, 2.75) is 60.1 Å². The van der Waals surface area contributed by atoms with Crippen LogP contribution < -0.4 is 5.32 Å². The minimum Gasteiger partial charge on any atom is -0.456 e. The Hall–Kier alpha value is -2.51. The fraction of sp³-hybridized carbons (Fsp3) is 0.611. The highest BCUT2D eigenvalue weighted by atomic mass is 16.6. The number of Topliss-reactive ketones (excluding diaryl/α,β-unsaturated/α-hetero) is 1. The molecule has 0 fully saturated rings. The number of nitrogens with one attached hydrogen (secondary N) is 1. The van der Waals surface area contributed by atoms with Crippen LogP contribution in [0.25, 0.3) is 0 Å². The zero-order chi connectivity index (χ0) is 20.1. The van der Waals surface area contributed by atoms with Gasteiger partial charge in [0.15, 0.2) is 6.61 Å². The molecule has 0 aliphatic rings. The molecule has 0 aliphatic carbocycles. The summed E-state index contributed by atoms with van der Waals surface area (Å²) < 4.78 is 10.3. The van der Waals surface area contributed by atoms with Gasteiger partial charge in [-0.05, 0) is 33.1 Å². The van der Waals surface area contributed by atoms with E-state index in [0.717, 1.165) is 0 Å². The average Bonchev–Trinajstić information content (AvgIpc) is 2.48. The molecule has 1 aromatic heterocycles. The van der Waals surface area contributed by atoms with Crippen LogP contribution in [-0.2, 0) is 14.3 Å². The average molecular weight is 365 g/mol. The SMILES string of the molecule is Cc1ncc(C(=O)COC(=O)[C@@H](NC(=O)OC(C)(C)C)C(C)(C)C)cn1. The fourth-order valence-electron chi connectivity index (χ4n) is 1.89. The van der Waals surface area contributed by atoms with E-state index in [2.05, 4.69) is 15.3 Å². The van der Waals surface area contributed by atoms with Gasteiger partial charge >= 0.3 is 12.1 Å². The smallest absolute Gasteiger partial charge is 0.408 e. The van der Waals surface area contributed by atoms with E-state index in [0.29, 0.717) is 5.82 Å². The molecule has 144 valence electrons. The number of hydrogen-bond acceptors (Lipinski definition) is 7. The summed E-state index contributed by atoms with van der Waals surface area (Å²) in [5.41, 5.74) is -1.09. The van der Waals surface area contributed by atoms with E-state index in [4.69, 9.17) is 9.47 Å². The first-order chi connectivity index (χ1) is 11.8. The maximum absolute atomic E-state index is 12.4. The number of esters is 1. The van der Waals surface area contributed by atoms with Crippen LogP contribution in [0.1, 0.15) is 57.7 Å². The van der Waals surface area contributed by atoms with E-state index in [1.165, 1.54) is 12.4 Å². The van der Waals surface area contributed by atoms with Gasteiger partial charge in [0.2, 0.25) is 5.78 Å². The zero-order valence-electron chi connectivity index (χ0n) is 16.4. The Bertz CT molecular complexity index is 657. The predicted molar refractivity (Wildman–Crippen MR) is 94.7 cm³/mol. The molecular formula is C18H27N3O5. The number of amides is 1. The predicted octanol–water partition coefficient (Wildman–Crippen LogP) is 2.45. The number of hydrogen-bond donors (Lipinski definition) is 1. The second-order valence-electron chi connectivity index (χ2n) is 8.00. The summed E-state index contributed by atoms with van der Waals surface area (Å²) in [5, 5.41) is 2.51. The lowest BCUT2D eigenvalue weighted by Crippen LogP contribution is -2.51. The van der Waals surface area contributed by atoms with E-state index in [1.807, 2.05) is 0 Å². The minimum absolute atomic E-state index is 0.246. The van der Waals surface area contributed by atoms with E-state index in [9.17, 15) is 14.4 Å². The van der Waals surface area contributed by atoms with Gasteiger partial charge in [0.25, 0.3) is 0 Å². The monoisotopic (exact) mass is 365 g/mol. The molecule has 1 heterocycles. The topological polar surface area (TPSA) is 107 Å². The normalized spacial score (nSPS) is 12.9. The molecule has 0 radical (unpaired) electrons. The van der Waals surface area contributed by atoms with Crippen molar-refractivity contribution in [3.05, 3.63) is 23.8 Å². The van der Waals surface area contributed by atoms with Crippen LogP contribution in [-0.4, -0.2) is 46.1 Å². The third kappa shape index (κ3) is 7.16. The Kier molecular flexibility index (Phi) is 6.83. The van der Waals surface area contributed by atoms with Gasteiger partial charge < -0.3 is 14.8 Å². The summed E-state index contributed by atoms with van der Waals surface area (Å²) in [5.74, 6) is -0.610. The molecule has 26 heavy (non-hydrogen) atoms. The molecule has 0 bridgehead atoms. The van der Waals surface area contributed by atoms with E-state index < -0.39 is 41.5 Å². The van der Waals surface area contributed by atoms with Crippen molar-refractivity contribution >= 4 is 17.8 Å². The van der Waals surface area contributed by atoms with Gasteiger partial charge in [0.1, 0.15) is 17.5 Å².